The molecule has 0 fully saturated rings. The minimum absolute atomic E-state index is 0.000625. The molecule has 90 valence electrons. The Labute approximate surface area is 92.2 Å². The van der Waals surface area contributed by atoms with Crippen LogP contribution in [0.3, 0.4) is 0 Å². The van der Waals surface area contributed by atoms with E-state index < -0.39 is 33.2 Å². The van der Waals surface area contributed by atoms with E-state index in [0.717, 1.165) is 16.4 Å². The van der Waals surface area contributed by atoms with Gasteiger partial charge in [-0.15, -0.1) is 0 Å². The molecule has 0 unspecified atom stereocenters. The minimum Gasteiger partial charge on any atom is -0.392 e. The first-order chi connectivity index (χ1) is 7.30. The molecule has 0 saturated heterocycles. The first-order valence-electron chi connectivity index (χ1n) is 4.32. The van der Waals surface area contributed by atoms with Crippen molar-refractivity contribution in [3.63, 3.8) is 0 Å². The molecule has 4 nitrogen and oxygen atoms in total. The van der Waals surface area contributed by atoms with Crippen molar-refractivity contribution in [3.8, 4) is 0 Å². The highest BCUT2D eigenvalue weighted by Crippen LogP contribution is 2.21. The molecule has 0 aliphatic rings. The second-order valence-corrected chi connectivity index (χ2v) is 5.46. The van der Waals surface area contributed by atoms with Crippen LogP contribution in [-0.2, 0) is 16.6 Å². The van der Waals surface area contributed by atoms with E-state index in [4.69, 9.17) is 5.11 Å². The van der Waals surface area contributed by atoms with Gasteiger partial charge in [0.05, 0.1) is 6.61 Å². The van der Waals surface area contributed by atoms with Crippen molar-refractivity contribution in [1.29, 1.82) is 0 Å². The number of aliphatic hydroxyl groups excluding tert-OH is 1. The number of sulfonamides is 1. The van der Waals surface area contributed by atoms with Crippen LogP contribution in [0, 0.1) is 11.6 Å². The molecule has 0 spiro atoms. The van der Waals surface area contributed by atoms with Crippen LogP contribution >= 0.6 is 0 Å². The summed E-state index contributed by atoms with van der Waals surface area (Å²) in [7, 11) is -1.64. The third kappa shape index (κ3) is 2.21. The first kappa shape index (κ1) is 13.0. The molecular formula is C9H11F2NO3S. The molecule has 1 aromatic rings. The van der Waals surface area contributed by atoms with E-state index in [1.165, 1.54) is 14.1 Å². The van der Waals surface area contributed by atoms with E-state index in [9.17, 15) is 17.2 Å². The quantitative estimate of drug-likeness (QED) is 0.860. The predicted octanol–water partition coefficient (Wildman–Crippen LogP) is 0.707. The fourth-order valence-corrected chi connectivity index (χ4v) is 2.11. The fraction of sp³-hybridized carbons (Fsp3) is 0.333. The molecule has 0 aliphatic carbocycles. The van der Waals surface area contributed by atoms with Crippen molar-refractivity contribution in [2.45, 2.75) is 11.5 Å². The first-order valence-corrected chi connectivity index (χ1v) is 5.76. The Balaban J connectivity index is 3.51. The summed E-state index contributed by atoms with van der Waals surface area (Å²) in [6.45, 7) is -0.562. The van der Waals surface area contributed by atoms with Crippen LogP contribution in [0.15, 0.2) is 17.0 Å². The maximum atomic E-state index is 13.3. The van der Waals surface area contributed by atoms with Crippen LogP contribution in [0.25, 0.3) is 0 Å². The average molecular weight is 251 g/mol. The van der Waals surface area contributed by atoms with Gasteiger partial charge in [0.2, 0.25) is 10.0 Å². The predicted molar refractivity (Wildman–Crippen MR) is 53.2 cm³/mol. The van der Waals surface area contributed by atoms with Gasteiger partial charge in [-0.1, -0.05) is 0 Å². The van der Waals surface area contributed by atoms with Gasteiger partial charge in [0.15, 0.2) is 11.6 Å². The van der Waals surface area contributed by atoms with E-state index in [0.29, 0.717) is 0 Å². The molecule has 1 rings (SSSR count). The van der Waals surface area contributed by atoms with Crippen LogP contribution in [0.1, 0.15) is 5.56 Å². The molecule has 0 radical (unpaired) electrons. The number of aliphatic hydroxyl groups is 1. The van der Waals surface area contributed by atoms with Gasteiger partial charge in [0, 0.05) is 14.1 Å². The van der Waals surface area contributed by atoms with Crippen LogP contribution in [-0.4, -0.2) is 31.9 Å². The highest BCUT2D eigenvalue weighted by Gasteiger charge is 2.24. The number of rotatable bonds is 3. The van der Waals surface area contributed by atoms with Gasteiger partial charge in [0.1, 0.15) is 4.90 Å². The molecule has 7 heteroatoms. The molecule has 0 heterocycles. The Kier molecular flexibility index (Phi) is 3.61. The highest BCUT2D eigenvalue weighted by molar-refractivity contribution is 7.89. The summed E-state index contributed by atoms with van der Waals surface area (Å²) >= 11 is 0. The molecule has 0 saturated carbocycles. The van der Waals surface area contributed by atoms with Crippen molar-refractivity contribution in [2.24, 2.45) is 0 Å². The Bertz CT molecular complexity index is 500. The zero-order valence-electron chi connectivity index (χ0n) is 8.74. The number of halogens is 2. The minimum atomic E-state index is -4.06. The van der Waals surface area contributed by atoms with Crippen molar-refractivity contribution in [3.05, 3.63) is 29.3 Å². The van der Waals surface area contributed by atoms with Gasteiger partial charge in [-0.05, 0) is 17.7 Å². The standard InChI is InChI=1S/C9H11F2NO3S/c1-12(2)16(14,15)8-4-6(5-13)3-7(10)9(8)11/h3-4,13H,5H2,1-2H3. The van der Waals surface area contributed by atoms with Gasteiger partial charge in [0.25, 0.3) is 0 Å². The molecular weight excluding hydrogens is 240 g/mol. The highest BCUT2D eigenvalue weighted by atomic mass is 32.2. The monoisotopic (exact) mass is 251 g/mol. The van der Waals surface area contributed by atoms with E-state index in [2.05, 4.69) is 0 Å². The lowest BCUT2D eigenvalue weighted by Crippen LogP contribution is -2.23. The zero-order chi connectivity index (χ0) is 12.5. The SMILES string of the molecule is CN(C)S(=O)(=O)c1cc(CO)cc(F)c1F. The molecule has 0 aromatic heterocycles. The van der Waals surface area contributed by atoms with Crippen LogP contribution in [0.4, 0.5) is 8.78 Å². The molecule has 16 heavy (non-hydrogen) atoms. The van der Waals surface area contributed by atoms with Gasteiger partial charge in [-0.3, -0.25) is 0 Å². The Hall–Kier alpha value is -1.05. The van der Waals surface area contributed by atoms with Gasteiger partial charge in [-0.2, -0.15) is 0 Å². The van der Waals surface area contributed by atoms with Crippen molar-refractivity contribution in [1.82, 2.24) is 4.31 Å². The van der Waals surface area contributed by atoms with E-state index in [1.54, 1.807) is 0 Å². The third-order valence-electron chi connectivity index (χ3n) is 2.00. The van der Waals surface area contributed by atoms with Gasteiger partial charge < -0.3 is 5.11 Å². The second-order valence-electron chi connectivity index (χ2n) is 3.34. The fourth-order valence-electron chi connectivity index (χ4n) is 1.09. The number of hydrogen-bond acceptors (Lipinski definition) is 3. The second kappa shape index (κ2) is 4.44. The van der Waals surface area contributed by atoms with E-state index in [1.807, 2.05) is 0 Å². The van der Waals surface area contributed by atoms with Crippen LogP contribution in [0.5, 0.6) is 0 Å². The molecule has 0 atom stereocenters. The summed E-state index contributed by atoms with van der Waals surface area (Å²) in [6, 6.07) is 1.66. The van der Waals surface area contributed by atoms with Crippen molar-refractivity contribution >= 4 is 10.0 Å². The Morgan fingerprint density at radius 2 is 1.88 bits per heavy atom. The molecule has 1 N–H and O–H groups in total. The average Bonchev–Trinajstić information content (AvgIpc) is 2.21. The normalized spacial score (nSPS) is 12.1. The lowest BCUT2D eigenvalue weighted by molar-refractivity contribution is 0.280. The lowest BCUT2D eigenvalue weighted by Gasteiger charge is -2.13. The molecule has 0 aliphatic heterocycles. The summed E-state index contributed by atoms with van der Waals surface area (Å²) in [5.41, 5.74) is -0.000625. The van der Waals surface area contributed by atoms with E-state index >= 15 is 0 Å². The topological polar surface area (TPSA) is 57.6 Å². The van der Waals surface area contributed by atoms with Crippen LogP contribution < -0.4 is 0 Å². The molecule has 0 bridgehead atoms. The summed E-state index contributed by atoms with van der Waals surface area (Å²) in [5, 5.41) is 8.78. The summed E-state index contributed by atoms with van der Waals surface area (Å²) < 4.78 is 50.4. The Morgan fingerprint density at radius 3 is 2.31 bits per heavy atom. The van der Waals surface area contributed by atoms with Gasteiger partial charge in [-0.25, -0.2) is 21.5 Å². The number of hydrogen-bond donors (Lipinski definition) is 1. The summed E-state index contributed by atoms with van der Waals surface area (Å²) in [4.78, 5) is -0.776. The Morgan fingerprint density at radius 1 is 1.31 bits per heavy atom. The van der Waals surface area contributed by atoms with Crippen molar-refractivity contribution < 1.29 is 22.3 Å². The number of benzene rings is 1. The van der Waals surface area contributed by atoms with Crippen molar-refractivity contribution in [2.75, 3.05) is 14.1 Å². The summed E-state index contributed by atoms with van der Waals surface area (Å²) in [5.74, 6) is -2.74. The maximum absolute atomic E-state index is 13.3. The van der Waals surface area contributed by atoms with E-state index in [-0.39, 0.29) is 5.56 Å². The maximum Gasteiger partial charge on any atom is 0.245 e. The number of nitrogens with zero attached hydrogens (tertiary/aromatic N) is 1. The largest absolute Gasteiger partial charge is 0.392 e. The lowest BCUT2D eigenvalue weighted by atomic mass is 10.2. The molecule has 0 amide bonds. The smallest absolute Gasteiger partial charge is 0.245 e. The zero-order valence-corrected chi connectivity index (χ0v) is 9.55. The molecule has 1 aromatic carbocycles. The van der Waals surface area contributed by atoms with Crippen LogP contribution in [0.2, 0.25) is 0 Å². The summed E-state index contributed by atoms with van der Waals surface area (Å²) in [6.07, 6.45) is 0. The van der Waals surface area contributed by atoms with Gasteiger partial charge >= 0.3 is 0 Å². The third-order valence-corrected chi connectivity index (χ3v) is 3.81.